The number of nitrogens with one attached hydrogen (secondary N) is 1. The van der Waals surface area contributed by atoms with Crippen molar-refractivity contribution in [1.82, 2.24) is 0 Å². The third kappa shape index (κ3) is 4.02. The number of benzene rings is 2. The minimum atomic E-state index is -0.887. The van der Waals surface area contributed by atoms with Gasteiger partial charge in [-0.2, -0.15) is 0 Å². The molecule has 0 spiro atoms. The molecule has 0 aliphatic heterocycles. The average Bonchev–Trinajstić information content (AvgIpc) is 3.33. The first-order valence-electron chi connectivity index (χ1n) is 8.01. The van der Waals surface area contributed by atoms with Gasteiger partial charge in [-0.05, 0) is 42.7 Å². The van der Waals surface area contributed by atoms with Gasteiger partial charge in [-0.15, -0.1) is 0 Å². The number of carboxylic acid groups (broad SMARTS) is 1. The zero-order valence-electron chi connectivity index (χ0n) is 13.3. The number of amides is 1. The number of hydrogen-bond acceptors (Lipinski definition) is 2. The topological polar surface area (TPSA) is 66.4 Å². The summed E-state index contributed by atoms with van der Waals surface area (Å²) >= 11 is 0. The number of aliphatic carboxylic acids is 1. The molecule has 0 aromatic heterocycles. The highest BCUT2D eigenvalue weighted by Crippen LogP contribution is 2.49. The van der Waals surface area contributed by atoms with Gasteiger partial charge in [0.25, 0.3) is 0 Å². The second-order valence-electron chi connectivity index (χ2n) is 6.17. The van der Waals surface area contributed by atoms with Crippen molar-refractivity contribution in [2.45, 2.75) is 25.2 Å². The molecule has 1 amide bonds. The third-order valence-corrected chi connectivity index (χ3v) is 4.32. The Morgan fingerprint density at radius 3 is 2.48 bits per heavy atom. The van der Waals surface area contributed by atoms with E-state index in [1.165, 1.54) is 18.2 Å². The lowest BCUT2D eigenvalue weighted by Gasteiger charge is -2.08. The van der Waals surface area contributed by atoms with Crippen molar-refractivity contribution in [2.24, 2.45) is 5.92 Å². The van der Waals surface area contributed by atoms with E-state index in [-0.39, 0.29) is 17.9 Å². The Bertz CT molecular complexity index is 802. The van der Waals surface area contributed by atoms with Crippen LogP contribution in [0.3, 0.4) is 0 Å². The van der Waals surface area contributed by atoms with Gasteiger partial charge in [0.05, 0.1) is 0 Å². The van der Waals surface area contributed by atoms with Gasteiger partial charge in [-0.25, -0.2) is 8.78 Å². The molecule has 2 aromatic carbocycles. The number of anilines is 1. The fraction of sp³-hybridized carbons (Fsp3) is 0.263. The number of halogens is 2. The highest BCUT2D eigenvalue weighted by Gasteiger charge is 2.46. The molecular formula is C19H17F2NO3. The van der Waals surface area contributed by atoms with Gasteiger partial charge < -0.3 is 10.4 Å². The molecule has 2 unspecified atom stereocenters. The first-order valence-corrected chi connectivity index (χ1v) is 8.01. The number of carboxylic acids is 1. The summed E-state index contributed by atoms with van der Waals surface area (Å²) in [4.78, 5) is 22.9. The molecule has 0 heterocycles. The summed E-state index contributed by atoms with van der Waals surface area (Å²) in [6, 6.07) is 10.6. The Morgan fingerprint density at radius 1 is 1.12 bits per heavy atom. The lowest BCUT2D eigenvalue weighted by molar-refractivity contribution is -0.137. The van der Waals surface area contributed by atoms with E-state index in [1.54, 1.807) is 24.3 Å². The lowest BCUT2D eigenvalue weighted by atomic mass is 10.1. The molecule has 0 radical (unpaired) electrons. The van der Waals surface area contributed by atoms with Gasteiger partial charge in [-0.1, -0.05) is 18.2 Å². The highest BCUT2D eigenvalue weighted by molar-refractivity contribution is 5.95. The number of carbonyl (C=O) groups excluding carboxylic acids is 1. The third-order valence-electron chi connectivity index (χ3n) is 4.32. The molecule has 6 heteroatoms. The Balaban J connectivity index is 1.64. The lowest BCUT2D eigenvalue weighted by Crippen LogP contribution is -2.15. The largest absolute Gasteiger partial charge is 0.481 e. The summed E-state index contributed by atoms with van der Waals surface area (Å²) in [5.41, 5.74) is 1.32. The molecule has 4 nitrogen and oxygen atoms in total. The van der Waals surface area contributed by atoms with Gasteiger partial charge in [0.1, 0.15) is 11.6 Å². The number of rotatable bonds is 6. The van der Waals surface area contributed by atoms with Crippen molar-refractivity contribution in [3.8, 4) is 0 Å². The molecule has 2 atom stereocenters. The van der Waals surface area contributed by atoms with Crippen LogP contribution in [0.1, 0.15) is 29.9 Å². The van der Waals surface area contributed by atoms with Crippen molar-refractivity contribution in [3.63, 3.8) is 0 Å². The normalized spacial score (nSPS) is 18.6. The maximum atomic E-state index is 13.8. The smallest absolute Gasteiger partial charge is 0.303 e. The summed E-state index contributed by atoms with van der Waals surface area (Å²) in [5, 5.41) is 11.5. The van der Waals surface area contributed by atoms with Crippen LogP contribution in [-0.2, 0) is 16.0 Å². The zero-order chi connectivity index (χ0) is 18.0. The summed E-state index contributed by atoms with van der Waals surface area (Å²) in [6.45, 7) is 0. The van der Waals surface area contributed by atoms with Crippen LogP contribution in [0.5, 0.6) is 0 Å². The minimum Gasteiger partial charge on any atom is -0.481 e. The van der Waals surface area contributed by atoms with Crippen molar-refractivity contribution in [2.75, 3.05) is 5.32 Å². The molecule has 2 N–H and O–H groups in total. The van der Waals surface area contributed by atoms with Gasteiger partial charge in [0.15, 0.2) is 0 Å². The summed E-state index contributed by atoms with van der Waals surface area (Å²) in [5.74, 6) is -3.34. The monoisotopic (exact) mass is 345 g/mol. The van der Waals surface area contributed by atoms with E-state index >= 15 is 0 Å². The Hall–Kier alpha value is -2.76. The minimum absolute atomic E-state index is 0.00859. The van der Waals surface area contributed by atoms with Gasteiger partial charge >= 0.3 is 5.97 Å². The summed E-state index contributed by atoms with van der Waals surface area (Å²) < 4.78 is 27.6. The highest BCUT2D eigenvalue weighted by atomic mass is 19.1. The van der Waals surface area contributed by atoms with Crippen molar-refractivity contribution in [1.29, 1.82) is 0 Å². The number of carbonyl (C=O) groups is 2. The predicted molar refractivity (Wildman–Crippen MR) is 88.2 cm³/mol. The molecule has 25 heavy (non-hydrogen) atoms. The predicted octanol–water partition coefficient (Wildman–Crippen LogP) is 3.72. The maximum absolute atomic E-state index is 13.8. The fourth-order valence-electron chi connectivity index (χ4n) is 2.96. The number of aryl methyl sites for hydroxylation is 1. The van der Waals surface area contributed by atoms with Crippen molar-refractivity contribution >= 4 is 17.6 Å². The van der Waals surface area contributed by atoms with Crippen molar-refractivity contribution < 1.29 is 23.5 Å². The standard InChI is InChI=1S/C19H17F2NO3/c20-15-5-2-6-16(21)18(15)13-10-14(13)19(25)22-12-4-1-3-11(9-12)7-8-17(23)24/h1-6,9,13-14H,7-8,10H2,(H,22,25)(H,23,24). The van der Waals surface area contributed by atoms with Crippen LogP contribution in [0.4, 0.5) is 14.5 Å². The Labute approximate surface area is 143 Å². The van der Waals surface area contributed by atoms with E-state index in [2.05, 4.69) is 5.32 Å². The molecule has 1 saturated carbocycles. The second kappa shape index (κ2) is 7.01. The first-order chi connectivity index (χ1) is 12.0. The van der Waals surface area contributed by atoms with E-state index in [0.717, 1.165) is 5.56 Å². The van der Waals surface area contributed by atoms with Crippen LogP contribution < -0.4 is 5.32 Å². The molecule has 1 aliphatic rings. The van der Waals surface area contributed by atoms with E-state index < -0.39 is 29.4 Å². The molecule has 1 fully saturated rings. The molecule has 3 rings (SSSR count). The fourth-order valence-corrected chi connectivity index (χ4v) is 2.96. The van der Waals surface area contributed by atoms with E-state index in [9.17, 15) is 18.4 Å². The number of hydrogen-bond donors (Lipinski definition) is 2. The van der Waals surface area contributed by atoms with Crippen LogP contribution in [0, 0.1) is 17.6 Å². The van der Waals surface area contributed by atoms with Crippen LogP contribution >= 0.6 is 0 Å². The average molecular weight is 345 g/mol. The van der Waals surface area contributed by atoms with E-state index in [1.807, 2.05) is 0 Å². The van der Waals surface area contributed by atoms with Crippen molar-refractivity contribution in [3.05, 3.63) is 65.2 Å². The maximum Gasteiger partial charge on any atom is 0.303 e. The van der Waals surface area contributed by atoms with Crippen LogP contribution in [0.25, 0.3) is 0 Å². The molecular weight excluding hydrogens is 328 g/mol. The second-order valence-corrected chi connectivity index (χ2v) is 6.17. The summed E-state index contributed by atoms with van der Waals surface area (Å²) in [6.07, 6.45) is 0.780. The molecule has 2 aromatic rings. The SMILES string of the molecule is O=C(O)CCc1cccc(NC(=O)C2CC2c2c(F)cccc2F)c1. The first kappa shape index (κ1) is 17.1. The van der Waals surface area contributed by atoms with Gasteiger partial charge in [0.2, 0.25) is 5.91 Å². The van der Waals surface area contributed by atoms with Crippen LogP contribution in [0.2, 0.25) is 0 Å². The Morgan fingerprint density at radius 2 is 1.80 bits per heavy atom. The molecule has 0 saturated heterocycles. The van der Waals surface area contributed by atoms with E-state index in [4.69, 9.17) is 5.11 Å². The van der Waals surface area contributed by atoms with Crippen LogP contribution in [-0.4, -0.2) is 17.0 Å². The molecule has 0 bridgehead atoms. The summed E-state index contributed by atoms with van der Waals surface area (Å²) in [7, 11) is 0. The van der Waals surface area contributed by atoms with Gasteiger partial charge in [-0.3, -0.25) is 9.59 Å². The van der Waals surface area contributed by atoms with E-state index in [0.29, 0.717) is 18.5 Å². The van der Waals surface area contributed by atoms with Gasteiger partial charge in [0, 0.05) is 29.5 Å². The van der Waals surface area contributed by atoms with Crippen LogP contribution in [0.15, 0.2) is 42.5 Å². The molecule has 1 aliphatic carbocycles. The Kier molecular flexibility index (Phi) is 4.79. The quantitative estimate of drug-likeness (QED) is 0.838. The molecule has 130 valence electrons. The zero-order valence-corrected chi connectivity index (χ0v) is 13.3.